The quantitative estimate of drug-likeness (QED) is 0.800. The number of halogens is 1. The van der Waals surface area contributed by atoms with Gasteiger partial charge in [-0.1, -0.05) is 24.3 Å². The van der Waals surface area contributed by atoms with Gasteiger partial charge in [-0.15, -0.1) is 0 Å². The minimum absolute atomic E-state index is 0.0709. The van der Waals surface area contributed by atoms with E-state index in [-0.39, 0.29) is 24.5 Å². The molecule has 0 spiro atoms. The predicted molar refractivity (Wildman–Crippen MR) is 94.7 cm³/mol. The van der Waals surface area contributed by atoms with Crippen LogP contribution in [0.2, 0.25) is 0 Å². The molecule has 4 nitrogen and oxygen atoms in total. The third kappa shape index (κ3) is 5.87. The van der Waals surface area contributed by atoms with E-state index in [1.165, 1.54) is 18.2 Å². The first kappa shape index (κ1) is 18.9. The van der Waals surface area contributed by atoms with Crippen molar-refractivity contribution in [3.8, 4) is 5.75 Å². The molecule has 134 valence electrons. The van der Waals surface area contributed by atoms with Crippen molar-refractivity contribution in [1.29, 1.82) is 0 Å². The number of hydrogen-bond donors (Lipinski definition) is 2. The first-order valence-electron chi connectivity index (χ1n) is 8.34. The van der Waals surface area contributed by atoms with Crippen LogP contribution in [0.5, 0.6) is 5.75 Å². The molecule has 2 N–H and O–H groups in total. The highest BCUT2D eigenvalue weighted by molar-refractivity contribution is 5.77. The Balaban J connectivity index is 1.95. The summed E-state index contributed by atoms with van der Waals surface area (Å²) in [5.74, 6) is 0.000121. The average molecular weight is 345 g/mol. The van der Waals surface area contributed by atoms with Crippen molar-refractivity contribution in [3.05, 3.63) is 65.5 Å². The molecule has 0 aliphatic rings. The maximum absolute atomic E-state index is 13.2. The van der Waals surface area contributed by atoms with Crippen molar-refractivity contribution < 1.29 is 19.0 Å². The molecule has 0 fully saturated rings. The van der Waals surface area contributed by atoms with E-state index in [4.69, 9.17) is 4.74 Å². The molecule has 2 atom stereocenters. The number of aliphatic hydroxyl groups is 1. The van der Waals surface area contributed by atoms with Gasteiger partial charge in [0, 0.05) is 0 Å². The molecule has 2 aromatic carbocycles. The Morgan fingerprint density at radius 2 is 1.80 bits per heavy atom. The Bertz CT molecular complexity index is 718. The molecular formula is C20H24FNO3. The van der Waals surface area contributed by atoms with Gasteiger partial charge in [0.1, 0.15) is 11.6 Å². The standard InChI is InChI=1S/C20H24FNO3/c1-13(2)25-18-9-5-6-15(11-18)14(3)22-20(24)12-19(23)16-7-4-8-17(21)10-16/h4-11,13-14,19,23H,12H2,1-3H3,(H,22,24). The molecule has 1 amide bonds. The zero-order valence-corrected chi connectivity index (χ0v) is 14.7. The minimum Gasteiger partial charge on any atom is -0.491 e. The van der Waals surface area contributed by atoms with Gasteiger partial charge in [0.05, 0.1) is 24.7 Å². The van der Waals surface area contributed by atoms with Crippen molar-refractivity contribution >= 4 is 5.91 Å². The van der Waals surface area contributed by atoms with Gasteiger partial charge in [0.2, 0.25) is 5.91 Å². The number of hydrogen-bond acceptors (Lipinski definition) is 3. The van der Waals surface area contributed by atoms with Gasteiger partial charge in [0.25, 0.3) is 0 Å². The summed E-state index contributed by atoms with van der Waals surface area (Å²) in [6.45, 7) is 5.76. The molecule has 2 rings (SSSR count). The third-order valence-electron chi connectivity index (χ3n) is 3.72. The second kappa shape index (κ2) is 8.62. The second-order valence-electron chi connectivity index (χ2n) is 6.30. The first-order valence-corrected chi connectivity index (χ1v) is 8.34. The molecule has 0 aromatic heterocycles. The Morgan fingerprint density at radius 1 is 1.12 bits per heavy atom. The zero-order chi connectivity index (χ0) is 18.4. The largest absolute Gasteiger partial charge is 0.491 e. The fraction of sp³-hybridized carbons (Fsp3) is 0.350. The van der Waals surface area contributed by atoms with E-state index < -0.39 is 11.9 Å². The van der Waals surface area contributed by atoms with Gasteiger partial charge < -0.3 is 15.2 Å². The van der Waals surface area contributed by atoms with Crippen LogP contribution in [0.3, 0.4) is 0 Å². The van der Waals surface area contributed by atoms with Gasteiger partial charge in [-0.3, -0.25) is 4.79 Å². The lowest BCUT2D eigenvalue weighted by Crippen LogP contribution is -2.28. The lowest BCUT2D eigenvalue weighted by Gasteiger charge is -2.18. The summed E-state index contributed by atoms with van der Waals surface area (Å²) >= 11 is 0. The Morgan fingerprint density at radius 3 is 2.48 bits per heavy atom. The van der Waals surface area contributed by atoms with E-state index in [9.17, 15) is 14.3 Å². The van der Waals surface area contributed by atoms with E-state index in [1.54, 1.807) is 6.07 Å². The smallest absolute Gasteiger partial charge is 0.223 e. The minimum atomic E-state index is -1.04. The van der Waals surface area contributed by atoms with Crippen LogP contribution in [0.25, 0.3) is 0 Å². The van der Waals surface area contributed by atoms with Crippen LogP contribution in [0, 0.1) is 5.82 Å². The molecule has 2 aromatic rings. The van der Waals surface area contributed by atoms with Crippen molar-refractivity contribution in [2.45, 2.75) is 45.4 Å². The van der Waals surface area contributed by atoms with Crippen molar-refractivity contribution in [3.63, 3.8) is 0 Å². The van der Waals surface area contributed by atoms with E-state index in [0.29, 0.717) is 5.56 Å². The van der Waals surface area contributed by atoms with Crippen LogP contribution >= 0.6 is 0 Å². The van der Waals surface area contributed by atoms with E-state index in [0.717, 1.165) is 11.3 Å². The van der Waals surface area contributed by atoms with Crippen LogP contribution in [0.4, 0.5) is 4.39 Å². The summed E-state index contributed by atoms with van der Waals surface area (Å²) in [7, 11) is 0. The zero-order valence-electron chi connectivity index (χ0n) is 14.7. The molecule has 0 saturated heterocycles. The number of nitrogens with one attached hydrogen (secondary N) is 1. The average Bonchev–Trinajstić information content (AvgIpc) is 2.54. The van der Waals surface area contributed by atoms with Gasteiger partial charge in [-0.25, -0.2) is 4.39 Å². The van der Waals surface area contributed by atoms with Crippen LogP contribution in [0.1, 0.15) is 50.5 Å². The van der Waals surface area contributed by atoms with E-state index >= 15 is 0 Å². The van der Waals surface area contributed by atoms with E-state index in [2.05, 4.69) is 5.32 Å². The highest BCUT2D eigenvalue weighted by Crippen LogP contribution is 2.21. The van der Waals surface area contributed by atoms with Gasteiger partial charge >= 0.3 is 0 Å². The number of amides is 1. The highest BCUT2D eigenvalue weighted by Gasteiger charge is 2.16. The number of ether oxygens (including phenoxy) is 1. The summed E-state index contributed by atoms with van der Waals surface area (Å²) in [6, 6.07) is 12.9. The number of rotatable bonds is 7. The monoisotopic (exact) mass is 345 g/mol. The van der Waals surface area contributed by atoms with Crippen LogP contribution in [-0.4, -0.2) is 17.1 Å². The topological polar surface area (TPSA) is 58.6 Å². The first-order chi connectivity index (χ1) is 11.8. The van der Waals surface area contributed by atoms with Gasteiger partial charge in [0.15, 0.2) is 0 Å². The molecule has 5 heteroatoms. The van der Waals surface area contributed by atoms with E-state index in [1.807, 2.05) is 45.0 Å². The molecule has 0 heterocycles. The molecule has 25 heavy (non-hydrogen) atoms. The number of carbonyl (C=O) groups is 1. The summed E-state index contributed by atoms with van der Waals surface area (Å²) in [6.07, 6.45) is -1.10. The number of carbonyl (C=O) groups excluding carboxylic acids is 1. The fourth-order valence-corrected chi connectivity index (χ4v) is 2.52. The van der Waals surface area contributed by atoms with Crippen molar-refractivity contribution in [2.75, 3.05) is 0 Å². The summed E-state index contributed by atoms with van der Waals surface area (Å²) in [4.78, 5) is 12.2. The molecule has 2 unspecified atom stereocenters. The summed E-state index contributed by atoms with van der Waals surface area (Å²) < 4.78 is 18.9. The Labute approximate surface area is 147 Å². The maximum atomic E-state index is 13.2. The number of aliphatic hydroxyl groups excluding tert-OH is 1. The molecule has 0 radical (unpaired) electrons. The highest BCUT2D eigenvalue weighted by atomic mass is 19.1. The lowest BCUT2D eigenvalue weighted by molar-refractivity contribution is -0.123. The molecule has 0 aliphatic heterocycles. The normalized spacial score (nSPS) is 13.4. The lowest BCUT2D eigenvalue weighted by atomic mass is 10.0. The summed E-state index contributed by atoms with van der Waals surface area (Å²) in [5.41, 5.74) is 1.29. The van der Waals surface area contributed by atoms with Crippen LogP contribution < -0.4 is 10.1 Å². The fourth-order valence-electron chi connectivity index (χ4n) is 2.52. The number of benzene rings is 2. The molecule has 0 aliphatic carbocycles. The van der Waals surface area contributed by atoms with Gasteiger partial charge in [-0.2, -0.15) is 0 Å². The van der Waals surface area contributed by atoms with Crippen LogP contribution in [0.15, 0.2) is 48.5 Å². The van der Waals surface area contributed by atoms with Crippen LogP contribution in [-0.2, 0) is 4.79 Å². The Hall–Kier alpha value is -2.40. The predicted octanol–water partition coefficient (Wildman–Crippen LogP) is 3.91. The SMILES string of the molecule is CC(C)Oc1cccc(C(C)NC(=O)CC(O)c2cccc(F)c2)c1. The third-order valence-corrected chi connectivity index (χ3v) is 3.72. The second-order valence-corrected chi connectivity index (χ2v) is 6.30. The molecule has 0 saturated carbocycles. The Kier molecular flexibility index (Phi) is 6.53. The molecular weight excluding hydrogens is 321 g/mol. The maximum Gasteiger partial charge on any atom is 0.223 e. The van der Waals surface area contributed by atoms with Crippen molar-refractivity contribution in [2.24, 2.45) is 0 Å². The molecule has 0 bridgehead atoms. The van der Waals surface area contributed by atoms with Gasteiger partial charge in [-0.05, 0) is 56.2 Å². The van der Waals surface area contributed by atoms with Crippen molar-refractivity contribution in [1.82, 2.24) is 5.32 Å². The summed E-state index contributed by atoms with van der Waals surface area (Å²) in [5, 5.41) is 12.9.